The van der Waals surface area contributed by atoms with Gasteiger partial charge in [0.2, 0.25) is 0 Å². The first-order valence-electron chi connectivity index (χ1n) is 8.91. The van der Waals surface area contributed by atoms with Crippen LogP contribution in [-0.4, -0.2) is 16.3 Å². The van der Waals surface area contributed by atoms with Crippen LogP contribution in [0.15, 0.2) is 71.7 Å². The smallest absolute Gasteiger partial charge is 0.198 e. The van der Waals surface area contributed by atoms with Gasteiger partial charge in [-0.3, -0.25) is 4.99 Å². The molecule has 1 heterocycles. The van der Waals surface area contributed by atoms with Crippen molar-refractivity contribution >= 4 is 34.4 Å². The van der Waals surface area contributed by atoms with Gasteiger partial charge in [0.25, 0.3) is 0 Å². The number of rotatable bonds is 5. The molecule has 0 saturated carbocycles. The van der Waals surface area contributed by atoms with Gasteiger partial charge in [0.1, 0.15) is 12.4 Å². The standard InChI is InChI=1S/C23H19ClN2O2/c1-15-2-11-20-21(23(27)26-22(20)12-15)13-25-18-7-9-19(10-8-18)28-14-16-3-5-17(24)6-4-16/h2-13,26-27H,14H2,1H3. The van der Waals surface area contributed by atoms with E-state index in [0.29, 0.717) is 17.2 Å². The van der Waals surface area contributed by atoms with E-state index in [1.54, 1.807) is 6.21 Å². The number of aryl methyl sites for hydroxylation is 1. The number of benzene rings is 3. The zero-order chi connectivity index (χ0) is 19.5. The van der Waals surface area contributed by atoms with Crippen LogP contribution < -0.4 is 4.74 Å². The quantitative estimate of drug-likeness (QED) is 0.400. The molecule has 5 heteroatoms. The molecule has 0 spiro atoms. The average molecular weight is 391 g/mol. The van der Waals surface area contributed by atoms with Gasteiger partial charge in [-0.1, -0.05) is 35.9 Å². The third-order valence-corrected chi connectivity index (χ3v) is 4.72. The van der Waals surface area contributed by atoms with Crippen LogP contribution in [0.4, 0.5) is 5.69 Å². The minimum absolute atomic E-state index is 0.118. The van der Waals surface area contributed by atoms with E-state index in [4.69, 9.17) is 16.3 Å². The summed E-state index contributed by atoms with van der Waals surface area (Å²) < 4.78 is 5.79. The van der Waals surface area contributed by atoms with Crippen molar-refractivity contribution in [3.05, 3.63) is 88.4 Å². The number of aromatic amines is 1. The number of aliphatic imine (C=N–C) groups is 1. The molecule has 0 atom stereocenters. The Kier molecular flexibility index (Phi) is 5.04. The fraction of sp³-hybridized carbons (Fsp3) is 0.0870. The van der Waals surface area contributed by atoms with Crippen LogP contribution in [-0.2, 0) is 6.61 Å². The van der Waals surface area contributed by atoms with Crippen molar-refractivity contribution in [3.63, 3.8) is 0 Å². The summed E-state index contributed by atoms with van der Waals surface area (Å²) >= 11 is 5.89. The van der Waals surface area contributed by atoms with E-state index < -0.39 is 0 Å². The third kappa shape index (κ3) is 4.02. The van der Waals surface area contributed by atoms with E-state index >= 15 is 0 Å². The number of nitrogens with one attached hydrogen (secondary N) is 1. The molecule has 0 fully saturated rings. The van der Waals surface area contributed by atoms with Crippen LogP contribution in [0.2, 0.25) is 5.02 Å². The van der Waals surface area contributed by atoms with Crippen LogP contribution in [0.25, 0.3) is 10.9 Å². The van der Waals surface area contributed by atoms with Crippen LogP contribution in [0.3, 0.4) is 0 Å². The molecule has 4 aromatic rings. The summed E-state index contributed by atoms with van der Waals surface area (Å²) in [6, 6.07) is 21.1. The lowest BCUT2D eigenvalue weighted by Crippen LogP contribution is -1.94. The maximum absolute atomic E-state index is 10.2. The summed E-state index contributed by atoms with van der Waals surface area (Å²) in [6.07, 6.45) is 1.67. The number of halogens is 1. The Balaban J connectivity index is 1.46. The molecule has 0 amide bonds. The molecule has 4 nitrogen and oxygen atoms in total. The maximum Gasteiger partial charge on any atom is 0.198 e. The largest absolute Gasteiger partial charge is 0.494 e. The van der Waals surface area contributed by atoms with Gasteiger partial charge in [0.15, 0.2) is 5.88 Å². The van der Waals surface area contributed by atoms with Crippen LogP contribution in [0, 0.1) is 6.92 Å². The van der Waals surface area contributed by atoms with Gasteiger partial charge in [0.05, 0.1) is 11.3 Å². The highest BCUT2D eigenvalue weighted by atomic mass is 35.5. The third-order valence-electron chi connectivity index (χ3n) is 4.47. The Morgan fingerprint density at radius 1 is 1.04 bits per heavy atom. The predicted molar refractivity (Wildman–Crippen MR) is 114 cm³/mol. The zero-order valence-electron chi connectivity index (χ0n) is 15.3. The number of aromatic nitrogens is 1. The van der Waals surface area contributed by atoms with E-state index in [1.807, 2.05) is 73.7 Å². The van der Waals surface area contributed by atoms with Crippen molar-refractivity contribution in [2.45, 2.75) is 13.5 Å². The van der Waals surface area contributed by atoms with Gasteiger partial charge in [-0.15, -0.1) is 0 Å². The van der Waals surface area contributed by atoms with Gasteiger partial charge >= 0.3 is 0 Å². The van der Waals surface area contributed by atoms with Crippen molar-refractivity contribution in [1.82, 2.24) is 4.98 Å². The second-order valence-corrected chi connectivity index (χ2v) is 7.04. The summed E-state index contributed by atoms with van der Waals surface area (Å²) in [4.78, 5) is 7.46. The molecule has 1 aromatic heterocycles. The van der Waals surface area contributed by atoms with Crippen molar-refractivity contribution in [2.75, 3.05) is 0 Å². The number of hydrogen-bond donors (Lipinski definition) is 2. The van der Waals surface area contributed by atoms with Crippen molar-refractivity contribution in [3.8, 4) is 11.6 Å². The first-order chi connectivity index (χ1) is 13.6. The summed E-state index contributed by atoms with van der Waals surface area (Å²) in [5.74, 6) is 0.881. The molecule has 0 unspecified atom stereocenters. The van der Waals surface area contributed by atoms with Crippen LogP contribution in [0.1, 0.15) is 16.7 Å². The van der Waals surface area contributed by atoms with E-state index in [1.165, 1.54) is 0 Å². The maximum atomic E-state index is 10.2. The van der Waals surface area contributed by atoms with Gasteiger partial charge in [-0.05, 0) is 60.5 Å². The van der Waals surface area contributed by atoms with Crippen LogP contribution in [0.5, 0.6) is 11.6 Å². The Bertz CT molecular complexity index is 1130. The molecule has 0 aliphatic rings. The molecule has 0 radical (unpaired) electrons. The number of nitrogens with zero attached hydrogens (tertiary/aromatic N) is 1. The van der Waals surface area contributed by atoms with Gasteiger partial charge in [0, 0.05) is 22.1 Å². The number of fused-ring (bicyclic) bond motifs is 1. The van der Waals surface area contributed by atoms with Gasteiger partial charge in [-0.2, -0.15) is 0 Å². The topological polar surface area (TPSA) is 57.6 Å². The van der Waals surface area contributed by atoms with E-state index in [0.717, 1.165) is 33.5 Å². The number of aromatic hydroxyl groups is 1. The van der Waals surface area contributed by atoms with Gasteiger partial charge < -0.3 is 14.8 Å². The summed E-state index contributed by atoms with van der Waals surface area (Å²) in [6.45, 7) is 2.49. The first kappa shape index (κ1) is 18.1. The monoisotopic (exact) mass is 390 g/mol. The second kappa shape index (κ2) is 7.79. The molecule has 0 bridgehead atoms. The lowest BCUT2D eigenvalue weighted by Gasteiger charge is -2.06. The van der Waals surface area contributed by atoms with Crippen molar-refractivity contribution in [1.29, 1.82) is 0 Å². The minimum atomic E-state index is 0.118. The van der Waals surface area contributed by atoms with Crippen molar-refractivity contribution < 1.29 is 9.84 Å². The molecular weight excluding hydrogens is 372 g/mol. The second-order valence-electron chi connectivity index (χ2n) is 6.60. The Hall–Kier alpha value is -3.24. The Labute approximate surface area is 168 Å². The zero-order valence-corrected chi connectivity index (χ0v) is 16.1. The molecule has 140 valence electrons. The number of hydrogen-bond acceptors (Lipinski definition) is 3. The minimum Gasteiger partial charge on any atom is -0.494 e. The summed E-state index contributed by atoms with van der Waals surface area (Å²) in [5.41, 5.74) is 4.53. The highest BCUT2D eigenvalue weighted by Gasteiger charge is 2.08. The predicted octanol–water partition coefficient (Wildman–Crippen LogP) is 6.16. The lowest BCUT2D eigenvalue weighted by atomic mass is 10.1. The Morgan fingerprint density at radius 2 is 1.79 bits per heavy atom. The Morgan fingerprint density at radius 3 is 2.54 bits per heavy atom. The van der Waals surface area contributed by atoms with E-state index in [2.05, 4.69) is 9.98 Å². The molecule has 0 saturated heterocycles. The van der Waals surface area contributed by atoms with Crippen molar-refractivity contribution in [2.24, 2.45) is 4.99 Å². The molecule has 4 rings (SSSR count). The lowest BCUT2D eigenvalue weighted by molar-refractivity contribution is 0.306. The fourth-order valence-electron chi connectivity index (χ4n) is 2.96. The normalized spacial score (nSPS) is 11.4. The number of H-pyrrole nitrogens is 1. The number of ether oxygens (including phenoxy) is 1. The highest BCUT2D eigenvalue weighted by Crippen LogP contribution is 2.27. The summed E-state index contributed by atoms with van der Waals surface area (Å²) in [5, 5.41) is 11.8. The highest BCUT2D eigenvalue weighted by molar-refractivity contribution is 6.30. The SMILES string of the molecule is Cc1ccc2c(C=Nc3ccc(OCc4ccc(Cl)cc4)cc3)c(O)[nH]c2c1. The van der Waals surface area contributed by atoms with E-state index in [-0.39, 0.29) is 5.88 Å². The molecule has 2 N–H and O–H groups in total. The van der Waals surface area contributed by atoms with Gasteiger partial charge in [-0.25, -0.2) is 0 Å². The first-order valence-corrected chi connectivity index (χ1v) is 9.29. The van der Waals surface area contributed by atoms with Crippen LogP contribution >= 0.6 is 11.6 Å². The molecule has 0 aliphatic heterocycles. The fourth-order valence-corrected chi connectivity index (χ4v) is 3.09. The molecular formula is C23H19ClN2O2. The summed E-state index contributed by atoms with van der Waals surface area (Å²) in [7, 11) is 0. The molecule has 0 aliphatic carbocycles. The average Bonchev–Trinajstić information content (AvgIpc) is 3.01. The van der Waals surface area contributed by atoms with E-state index in [9.17, 15) is 5.11 Å². The molecule has 3 aromatic carbocycles. The molecule has 28 heavy (non-hydrogen) atoms.